The summed E-state index contributed by atoms with van der Waals surface area (Å²) < 4.78 is 12.6. The second kappa shape index (κ2) is 8.00. The third-order valence-electron chi connectivity index (χ3n) is 6.23. The molecule has 3 aromatic heterocycles. The van der Waals surface area contributed by atoms with Crippen molar-refractivity contribution in [3.05, 3.63) is 23.1 Å². The molecule has 2 aliphatic heterocycles. The summed E-state index contributed by atoms with van der Waals surface area (Å²) in [6.45, 7) is 13.1. The number of rotatable bonds is 5. The highest BCUT2D eigenvalue weighted by molar-refractivity contribution is 7.26. The lowest BCUT2D eigenvalue weighted by molar-refractivity contribution is -0.908. The first-order valence-electron chi connectivity index (χ1n) is 10.9. The first-order valence-corrected chi connectivity index (χ1v) is 11.7. The van der Waals surface area contributed by atoms with Crippen molar-refractivity contribution >= 4 is 37.6 Å². The fourth-order valence-electron chi connectivity index (χ4n) is 4.55. The van der Waals surface area contributed by atoms with Gasteiger partial charge >= 0.3 is 0 Å². The number of nitrogens with one attached hydrogen (secondary N) is 2. The third-order valence-corrected chi connectivity index (χ3v) is 7.31. The van der Waals surface area contributed by atoms with Crippen LogP contribution in [0.3, 0.4) is 0 Å². The highest BCUT2D eigenvalue weighted by Gasteiger charge is 2.30. The molecule has 1 fully saturated rings. The molecule has 0 saturated carbocycles. The lowest BCUT2D eigenvalue weighted by atomic mass is 9.89. The van der Waals surface area contributed by atoms with Gasteiger partial charge in [0.2, 0.25) is 0 Å². The Hall–Kier alpha value is -1.87. The summed E-state index contributed by atoms with van der Waals surface area (Å²) in [6, 6.07) is 0. The van der Waals surface area contributed by atoms with Crippen LogP contribution >= 0.6 is 11.3 Å². The Morgan fingerprint density at radius 3 is 2.87 bits per heavy atom. The minimum Gasteiger partial charge on any atom is -0.370 e. The molecule has 5 heterocycles. The van der Waals surface area contributed by atoms with Crippen LogP contribution in [0.25, 0.3) is 20.4 Å². The van der Waals surface area contributed by atoms with E-state index in [0.717, 1.165) is 72.2 Å². The Balaban J connectivity index is 1.43. The molecule has 2 aliphatic rings. The van der Waals surface area contributed by atoms with Gasteiger partial charge in [-0.1, -0.05) is 0 Å². The summed E-state index contributed by atoms with van der Waals surface area (Å²) in [4.78, 5) is 16.8. The highest BCUT2D eigenvalue weighted by Crippen LogP contribution is 2.41. The van der Waals surface area contributed by atoms with E-state index in [1.807, 2.05) is 0 Å². The van der Waals surface area contributed by atoms with Gasteiger partial charge in [0.1, 0.15) is 30.1 Å². The van der Waals surface area contributed by atoms with E-state index in [2.05, 4.69) is 36.1 Å². The van der Waals surface area contributed by atoms with Crippen LogP contribution in [0.15, 0.2) is 6.33 Å². The Labute approximate surface area is 180 Å². The van der Waals surface area contributed by atoms with Crippen molar-refractivity contribution in [2.75, 3.05) is 44.7 Å². The predicted molar refractivity (Wildman–Crippen MR) is 120 cm³/mol. The number of nitrogens with zero attached hydrogens (tertiary/aromatic N) is 3. The van der Waals surface area contributed by atoms with E-state index in [4.69, 9.17) is 14.5 Å². The normalized spacial score (nSPS) is 19.3. The van der Waals surface area contributed by atoms with Gasteiger partial charge in [0.05, 0.1) is 42.2 Å². The molecule has 0 bridgehead atoms. The largest absolute Gasteiger partial charge is 0.370 e. The zero-order valence-electron chi connectivity index (χ0n) is 18.0. The summed E-state index contributed by atoms with van der Waals surface area (Å²) in [5.41, 5.74) is 4.49. The molecule has 0 aliphatic carbocycles. The zero-order chi connectivity index (χ0) is 20.7. The lowest BCUT2D eigenvalue weighted by Crippen LogP contribution is -3.14. The van der Waals surface area contributed by atoms with Gasteiger partial charge in [-0.3, -0.25) is 0 Å². The maximum absolute atomic E-state index is 6.06. The third kappa shape index (κ3) is 3.77. The van der Waals surface area contributed by atoms with Gasteiger partial charge in [0.25, 0.3) is 0 Å². The van der Waals surface area contributed by atoms with E-state index < -0.39 is 0 Å². The van der Waals surface area contributed by atoms with Crippen LogP contribution in [0.4, 0.5) is 5.82 Å². The van der Waals surface area contributed by atoms with Gasteiger partial charge in [-0.2, -0.15) is 0 Å². The van der Waals surface area contributed by atoms with E-state index >= 15 is 0 Å². The van der Waals surface area contributed by atoms with Crippen LogP contribution < -0.4 is 10.2 Å². The maximum Gasteiger partial charge on any atom is 0.147 e. The zero-order valence-corrected chi connectivity index (χ0v) is 18.8. The van der Waals surface area contributed by atoms with Crippen LogP contribution in [0.2, 0.25) is 0 Å². The molecule has 0 spiro atoms. The fourth-order valence-corrected chi connectivity index (χ4v) is 5.72. The van der Waals surface area contributed by atoms with E-state index in [9.17, 15) is 0 Å². The summed E-state index contributed by atoms with van der Waals surface area (Å²) in [5, 5.41) is 4.75. The molecule has 2 N–H and O–H groups in total. The van der Waals surface area contributed by atoms with Gasteiger partial charge in [-0.25, -0.2) is 15.0 Å². The maximum atomic E-state index is 6.06. The number of ether oxygens (including phenoxy) is 2. The van der Waals surface area contributed by atoms with Crippen molar-refractivity contribution in [2.45, 2.75) is 45.8 Å². The summed E-state index contributed by atoms with van der Waals surface area (Å²) in [7, 11) is 0. The Bertz CT molecular complexity index is 1070. The highest BCUT2D eigenvalue weighted by atomic mass is 32.1. The minimum atomic E-state index is -0.169. The Morgan fingerprint density at radius 2 is 2.03 bits per heavy atom. The van der Waals surface area contributed by atoms with Crippen LogP contribution in [0, 0.1) is 6.92 Å². The molecule has 1 saturated heterocycles. The molecule has 5 rings (SSSR count). The number of hydrogen-bond donors (Lipinski definition) is 2. The van der Waals surface area contributed by atoms with Crippen molar-refractivity contribution in [2.24, 2.45) is 0 Å². The molecule has 160 valence electrons. The Morgan fingerprint density at radius 1 is 1.20 bits per heavy atom. The second-order valence-corrected chi connectivity index (χ2v) is 9.95. The molecule has 0 atom stereocenters. The van der Waals surface area contributed by atoms with Crippen molar-refractivity contribution in [1.82, 2.24) is 15.0 Å². The van der Waals surface area contributed by atoms with E-state index in [-0.39, 0.29) is 5.60 Å². The van der Waals surface area contributed by atoms with E-state index in [0.29, 0.717) is 6.61 Å². The molecule has 0 amide bonds. The number of pyridine rings is 1. The van der Waals surface area contributed by atoms with Crippen LogP contribution in [-0.2, 0) is 22.5 Å². The van der Waals surface area contributed by atoms with Gasteiger partial charge < -0.3 is 19.7 Å². The summed E-state index contributed by atoms with van der Waals surface area (Å²) in [6.07, 6.45) is 3.67. The fraction of sp³-hybridized carbons (Fsp3) is 0.591. The number of fused-ring (bicyclic) bond motifs is 5. The van der Waals surface area contributed by atoms with Gasteiger partial charge in [0.15, 0.2) is 0 Å². The molecule has 0 aromatic carbocycles. The number of thiophene rings is 1. The van der Waals surface area contributed by atoms with Gasteiger partial charge in [-0.05, 0) is 26.3 Å². The number of anilines is 1. The van der Waals surface area contributed by atoms with Gasteiger partial charge in [0, 0.05) is 36.0 Å². The average Bonchev–Trinajstić information content (AvgIpc) is 3.10. The average molecular weight is 429 g/mol. The van der Waals surface area contributed by atoms with Crippen molar-refractivity contribution < 1.29 is 14.4 Å². The minimum absolute atomic E-state index is 0.169. The lowest BCUT2D eigenvalue weighted by Gasteiger charge is -2.32. The number of aryl methyl sites for hydroxylation is 1. The van der Waals surface area contributed by atoms with Crippen molar-refractivity contribution in [3.63, 3.8) is 0 Å². The molecule has 3 aromatic rings. The molecule has 0 radical (unpaired) electrons. The van der Waals surface area contributed by atoms with Gasteiger partial charge in [-0.15, -0.1) is 11.3 Å². The summed E-state index contributed by atoms with van der Waals surface area (Å²) >= 11 is 1.70. The molecule has 0 unspecified atom stereocenters. The van der Waals surface area contributed by atoms with Crippen LogP contribution in [-0.4, -0.2) is 59.9 Å². The topological polar surface area (TPSA) is 73.6 Å². The van der Waals surface area contributed by atoms with Crippen molar-refractivity contribution in [3.8, 4) is 0 Å². The summed E-state index contributed by atoms with van der Waals surface area (Å²) in [5.74, 6) is 0.928. The smallest absolute Gasteiger partial charge is 0.147 e. The molecular weight excluding hydrogens is 398 g/mol. The van der Waals surface area contributed by atoms with Crippen LogP contribution in [0.5, 0.6) is 0 Å². The molecule has 8 heteroatoms. The first-order chi connectivity index (χ1) is 14.5. The van der Waals surface area contributed by atoms with E-state index in [1.54, 1.807) is 22.6 Å². The first kappa shape index (κ1) is 20.1. The quantitative estimate of drug-likeness (QED) is 0.607. The van der Waals surface area contributed by atoms with Crippen molar-refractivity contribution in [1.29, 1.82) is 0 Å². The molecule has 30 heavy (non-hydrogen) atoms. The second-order valence-electron chi connectivity index (χ2n) is 8.95. The monoisotopic (exact) mass is 428 g/mol. The SMILES string of the molecule is Cc1nc2sc3c(NCCC[NH+]4CCOCC4)ncnc3c2c2c1COC(C)(C)C2. The number of morpholine rings is 1. The standard InChI is InChI=1S/C22H29N5O2S/c1-14-16-12-29-22(2,3)11-15(16)17-18-19(30-21(17)26-14)20(25-13-24-18)23-5-4-6-27-7-9-28-10-8-27/h13H,4-12H2,1-3H3,(H,23,24,25)/p+1. The Kier molecular flexibility index (Phi) is 5.35. The molecular formula is C22H30N5O2S+. The number of hydrogen-bond acceptors (Lipinski definition) is 7. The van der Waals surface area contributed by atoms with E-state index in [1.165, 1.54) is 23.1 Å². The number of quaternary nitrogens is 1. The molecule has 7 nitrogen and oxygen atoms in total. The predicted octanol–water partition coefficient (Wildman–Crippen LogP) is 2.12. The number of aromatic nitrogens is 3. The van der Waals surface area contributed by atoms with Crippen LogP contribution in [0.1, 0.15) is 37.1 Å².